The quantitative estimate of drug-likeness (QED) is 0.351. The number of aliphatic hydroxyl groups excluding tert-OH is 1. The SMILES string of the molecule is CCOC(=O)CC(NN(CCO)C(=O)c1ccc([N+](=O)[O-])cc1)[C]1[CH][CH][CH][CH]1. The summed E-state index contributed by atoms with van der Waals surface area (Å²) in [7, 11) is 0. The Bertz CT molecular complexity index is 673. The van der Waals surface area contributed by atoms with Crippen LogP contribution in [0, 0.1) is 41.7 Å². The Kier molecular flexibility index (Phi) is 8.34. The number of esters is 1. The molecule has 0 heterocycles. The van der Waals surface area contributed by atoms with Crippen LogP contribution in [0.15, 0.2) is 24.3 Å². The van der Waals surface area contributed by atoms with E-state index in [9.17, 15) is 24.8 Å². The number of nitro groups is 1. The molecular weight excluding hydrogens is 366 g/mol. The van der Waals surface area contributed by atoms with Gasteiger partial charge in [-0.3, -0.25) is 24.7 Å². The number of ether oxygens (including phenoxy) is 1. The average molecular weight is 388 g/mol. The summed E-state index contributed by atoms with van der Waals surface area (Å²) in [4.78, 5) is 35.0. The third-order valence-electron chi connectivity index (χ3n) is 3.97. The first kappa shape index (κ1) is 21.8. The summed E-state index contributed by atoms with van der Waals surface area (Å²) in [6.45, 7) is 1.61. The zero-order chi connectivity index (χ0) is 20.5. The molecule has 1 amide bonds. The van der Waals surface area contributed by atoms with Gasteiger partial charge in [0, 0.05) is 29.7 Å². The van der Waals surface area contributed by atoms with E-state index >= 15 is 0 Å². The molecule has 0 spiro atoms. The normalized spacial score (nSPS) is 15.2. The van der Waals surface area contributed by atoms with Crippen LogP contribution in [0.3, 0.4) is 0 Å². The predicted molar refractivity (Wildman–Crippen MR) is 99.8 cm³/mol. The largest absolute Gasteiger partial charge is 0.466 e. The van der Waals surface area contributed by atoms with Crippen molar-refractivity contribution >= 4 is 17.6 Å². The van der Waals surface area contributed by atoms with E-state index in [0.29, 0.717) is 0 Å². The Morgan fingerprint density at radius 3 is 2.43 bits per heavy atom. The van der Waals surface area contributed by atoms with E-state index in [-0.39, 0.29) is 37.4 Å². The molecule has 1 fully saturated rings. The number of non-ortho nitro benzene ring substituents is 1. The number of aliphatic hydroxyl groups is 1. The Morgan fingerprint density at radius 2 is 1.89 bits per heavy atom. The average Bonchev–Trinajstić information content (AvgIpc) is 3.21. The molecule has 1 unspecified atom stereocenters. The second kappa shape index (κ2) is 10.7. The standard InChI is InChI=1S/C19H22N3O6/c1-2-28-18(24)13-17(14-5-3-4-6-14)20-21(11-12-23)19(25)15-7-9-16(10-8-15)22(26)27/h3-10,17,20,23H,2,11-13H2,1H3. The minimum atomic E-state index is -0.553. The highest BCUT2D eigenvalue weighted by molar-refractivity contribution is 5.94. The lowest BCUT2D eigenvalue weighted by Crippen LogP contribution is -2.52. The zero-order valence-electron chi connectivity index (χ0n) is 15.4. The van der Waals surface area contributed by atoms with Crippen LogP contribution in [0.1, 0.15) is 23.7 Å². The second-order valence-electron chi connectivity index (χ2n) is 5.89. The summed E-state index contributed by atoms with van der Waals surface area (Å²) < 4.78 is 5.00. The van der Waals surface area contributed by atoms with Gasteiger partial charge in [0.15, 0.2) is 0 Å². The summed E-state index contributed by atoms with van der Waals surface area (Å²) in [5.41, 5.74) is 3.05. The number of nitrogens with zero attached hydrogens (tertiary/aromatic N) is 2. The topological polar surface area (TPSA) is 122 Å². The summed E-state index contributed by atoms with van der Waals surface area (Å²) in [6, 6.07) is 4.61. The first-order valence-corrected chi connectivity index (χ1v) is 8.76. The van der Waals surface area contributed by atoms with Crippen molar-refractivity contribution in [3.8, 4) is 0 Å². The molecule has 5 radical (unpaired) electrons. The van der Waals surface area contributed by atoms with Crippen LogP contribution < -0.4 is 5.43 Å². The van der Waals surface area contributed by atoms with Crippen LogP contribution in [0.5, 0.6) is 0 Å². The van der Waals surface area contributed by atoms with Crippen molar-refractivity contribution in [2.75, 3.05) is 19.8 Å². The maximum atomic E-state index is 12.8. The van der Waals surface area contributed by atoms with Gasteiger partial charge in [0.25, 0.3) is 11.6 Å². The van der Waals surface area contributed by atoms with E-state index in [0.717, 1.165) is 5.92 Å². The third-order valence-corrected chi connectivity index (χ3v) is 3.97. The summed E-state index contributed by atoms with van der Waals surface area (Å²) in [5, 5.41) is 21.3. The number of hydrazine groups is 1. The fourth-order valence-corrected chi connectivity index (χ4v) is 2.64. The van der Waals surface area contributed by atoms with E-state index < -0.39 is 22.8 Å². The van der Waals surface area contributed by atoms with Gasteiger partial charge in [-0.25, -0.2) is 5.43 Å². The molecular formula is C19H22N3O6. The van der Waals surface area contributed by atoms with Crippen molar-refractivity contribution in [2.24, 2.45) is 0 Å². The fourth-order valence-electron chi connectivity index (χ4n) is 2.64. The summed E-state index contributed by atoms with van der Waals surface area (Å²) in [6.07, 6.45) is 7.23. The molecule has 0 aliphatic heterocycles. The Labute approximate surface area is 163 Å². The molecule has 1 aromatic rings. The van der Waals surface area contributed by atoms with Gasteiger partial charge >= 0.3 is 5.97 Å². The molecule has 9 heteroatoms. The summed E-state index contributed by atoms with van der Waals surface area (Å²) >= 11 is 0. The van der Waals surface area contributed by atoms with Gasteiger partial charge in [0.05, 0.1) is 31.1 Å². The van der Waals surface area contributed by atoms with E-state index in [1.54, 1.807) is 6.92 Å². The smallest absolute Gasteiger partial charge is 0.307 e. The van der Waals surface area contributed by atoms with Gasteiger partial charge in [-0.1, -0.05) is 0 Å². The number of carbonyl (C=O) groups excluding carboxylic acids is 2. The number of nitrogens with one attached hydrogen (secondary N) is 1. The number of rotatable bonds is 10. The van der Waals surface area contributed by atoms with Gasteiger partial charge < -0.3 is 9.84 Å². The number of hydrogen-bond donors (Lipinski definition) is 2. The number of benzene rings is 1. The molecule has 1 aliphatic carbocycles. The highest BCUT2D eigenvalue weighted by Crippen LogP contribution is 2.28. The monoisotopic (exact) mass is 388 g/mol. The number of amides is 1. The van der Waals surface area contributed by atoms with Crippen molar-refractivity contribution in [1.29, 1.82) is 0 Å². The Hall–Kier alpha value is -2.52. The maximum Gasteiger partial charge on any atom is 0.307 e. The van der Waals surface area contributed by atoms with E-state index in [2.05, 4.69) is 5.43 Å². The highest BCUT2D eigenvalue weighted by Gasteiger charge is 2.31. The van der Waals surface area contributed by atoms with Crippen molar-refractivity contribution in [2.45, 2.75) is 19.4 Å². The van der Waals surface area contributed by atoms with Crippen molar-refractivity contribution in [1.82, 2.24) is 10.4 Å². The van der Waals surface area contributed by atoms with E-state index in [1.165, 1.54) is 29.3 Å². The molecule has 0 saturated heterocycles. The Balaban J connectivity index is 2.15. The third kappa shape index (κ3) is 6.00. The summed E-state index contributed by atoms with van der Waals surface area (Å²) in [5.74, 6) is -0.121. The molecule has 9 nitrogen and oxygen atoms in total. The van der Waals surface area contributed by atoms with Crippen molar-refractivity contribution < 1.29 is 24.4 Å². The van der Waals surface area contributed by atoms with Gasteiger partial charge in [-0.15, -0.1) is 0 Å². The molecule has 1 aromatic carbocycles. The van der Waals surface area contributed by atoms with E-state index in [4.69, 9.17) is 4.74 Å². The van der Waals surface area contributed by atoms with Gasteiger partial charge in [-0.05, 0) is 44.7 Å². The molecule has 1 atom stereocenters. The minimum Gasteiger partial charge on any atom is -0.466 e. The Morgan fingerprint density at radius 1 is 1.25 bits per heavy atom. The molecule has 149 valence electrons. The molecule has 0 aromatic heterocycles. The van der Waals surface area contributed by atoms with Gasteiger partial charge in [0.1, 0.15) is 0 Å². The van der Waals surface area contributed by atoms with Crippen LogP contribution in [-0.2, 0) is 9.53 Å². The number of nitro benzene ring substituents is 1. The first-order valence-electron chi connectivity index (χ1n) is 8.76. The highest BCUT2D eigenvalue weighted by atomic mass is 16.6. The van der Waals surface area contributed by atoms with Crippen molar-refractivity contribution in [3.05, 3.63) is 71.5 Å². The van der Waals surface area contributed by atoms with Gasteiger partial charge in [-0.2, -0.15) is 0 Å². The molecule has 1 aliphatic rings. The van der Waals surface area contributed by atoms with Crippen LogP contribution >= 0.6 is 0 Å². The van der Waals surface area contributed by atoms with E-state index in [1.807, 2.05) is 25.7 Å². The van der Waals surface area contributed by atoms with Gasteiger partial charge in [0.2, 0.25) is 0 Å². The van der Waals surface area contributed by atoms with Crippen LogP contribution in [0.2, 0.25) is 0 Å². The maximum absolute atomic E-state index is 12.8. The minimum absolute atomic E-state index is 0.00662. The number of hydrogen-bond acceptors (Lipinski definition) is 7. The fraction of sp³-hybridized carbons (Fsp3) is 0.316. The van der Waals surface area contributed by atoms with Crippen LogP contribution in [-0.4, -0.2) is 52.7 Å². The molecule has 2 N–H and O–H groups in total. The predicted octanol–water partition coefficient (Wildman–Crippen LogP) is 1.26. The molecule has 28 heavy (non-hydrogen) atoms. The lowest BCUT2D eigenvalue weighted by molar-refractivity contribution is -0.384. The lowest BCUT2D eigenvalue weighted by Gasteiger charge is -2.31. The number of carbonyl (C=O) groups is 2. The first-order chi connectivity index (χ1) is 13.5. The molecule has 2 rings (SSSR count). The molecule has 1 saturated carbocycles. The zero-order valence-corrected chi connectivity index (χ0v) is 15.4. The van der Waals surface area contributed by atoms with Crippen LogP contribution in [0.25, 0.3) is 0 Å². The molecule has 0 bridgehead atoms. The van der Waals surface area contributed by atoms with Crippen LogP contribution in [0.4, 0.5) is 5.69 Å². The lowest BCUT2D eigenvalue weighted by atomic mass is 9.96. The second-order valence-corrected chi connectivity index (χ2v) is 5.89. The van der Waals surface area contributed by atoms with Crippen molar-refractivity contribution in [3.63, 3.8) is 0 Å².